The third-order valence-corrected chi connectivity index (χ3v) is 3.39. The van der Waals surface area contributed by atoms with Gasteiger partial charge in [-0.3, -0.25) is 0 Å². The van der Waals surface area contributed by atoms with Gasteiger partial charge in [0.1, 0.15) is 6.10 Å². The second-order valence-electron chi connectivity index (χ2n) is 5.29. The Morgan fingerprint density at radius 3 is 2.84 bits per heavy atom. The fourth-order valence-electron chi connectivity index (χ4n) is 2.28. The zero-order valence-corrected chi connectivity index (χ0v) is 11.9. The Balaban J connectivity index is 1.68. The minimum Gasteiger partial charge on any atom is -0.374 e. The van der Waals surface area contributed by atoms with E-state index in [1.165, 1.54) is 5.56 Å². The van der Waals surface area contributed by atoms with Crippen molar-refractivity contribution in [3.05, 3.63) is 35.9 Å². The maximum absolute atomic E-state index is 5.94. The van der Waals surface area contributed by atoms with Crippen molar-refractivity contribution in [1.82, 2.24) is 0 Å². The van der Waals surface area contributed by atoms with Gasteiger partial charge >= 0.3 is 0 Å². The molecule has 1 fully saturated rings. The summed E-state index contributed by atoms with van der Waals surface area (Å²) < 4.78 is 17.4. The Morgan fingerprint density at radius 2 is 2.11 bits per heavy atom. The molecule has 0 aromatic heterocycles. The molecular formula is C16H24O3. The SMILES string of the molecule is CCCCC1(C)OC[C@H](COCc2ccccc2)O1. The van der Waals surface area contributed by atoms with Crippen molar-refractivity contribution < 1.29 is 14.2 Å². The first-order chi connectivity index (χ1) is 9.22. The highest BCUT2D eigenvalue weighted by Gasteiger charge is 2.36. The molecule has 3 heteroatoms. The molecule has 0 saturated carbocycles. The second-order valence-corrected chi connectivity index (χ2v) is 5.29. The number of rotatable bonds is 7. The molecule has 0 amide bonds. The van der Waals surface area contributed by atoms with Crippen molar-refractivity contribution in [3.63, 3.8) is 0 Å². The summed E-state index contributed by atoms with van der Waals surface area (Å²) in [6.07, 6.45) is 3.31. The van der Waals surface area contributed by atoms with Gasteiger partial charge in [0, 0.05) is 6.42 Å². The van der Waals surface area contributed by atoms with E-state index in [0.29, 0.717) is 19.8 Å². The number of hydrogen-bond acceptors (Lipinski definition) is 3. The van der Waals surface area contributed by atoms with Crippen molar-refractivity contribution >= 4 is 0 Å². The zero-order valence-electron chi connectivity index (χ0n) is 11.9. The van der Waals surface area contributed by atoms with Crippen LogP contribution in [0.2, 0.25) is 0 Å². The highest BCUT2D eigenvalue weighted by atomic mass is 16.7. The van der Waals surface area contributed by atoms with Crippen molar-refractivity contribution in [2.45, 2.75) is 51.6 Å². The third-order valence-electron chi connectivity index (χ3n) is 3.39. The van der Waals surface area contributed by atoms with E-state index < -0.39 is 5.79 Å². The van der Waals surface area contributed by atoms with Gasteiger partial charge in [0.2, 0.25) is 0 Å². The lowest BCUT2D eigenvalue weighted by Gasteiger charge is -2.23. The molecule has 1 aliphatic rings. The molecule has 1 unspecified atom stereocenters. The van der Waals surface area contributed by atoms with Gasteiger partial charge < -0.3 is 14.2 Å². The molecule has 0 spiro atoms. The van der Waals surface area contributed by atoms with E-state index in [4.69, 9.17) is 14.2 Å². The molecule has 106 valence electrons. The number of hydrogen-bond donors (Lipinski definition) is 0. The number of ether oxygens (including phenoxy) is 3. The quantitative estimate of drug-likeness (QED) is 0.754. The van der Waals surface area contributed by atoms with Crippen LogP contribution in [-0.4, -0.2) is 25.1 Å². The van der Waals surface area contributed by atoms with Gasteiger partial charge in [0.15, 0.2) is 5.79 Å². The molecule has 0 radical (unpaired) electrons. The van der Waals surface area contributed by atoms with Crippen LogP contribution < -0.4 is 0 Å². The fraction of sp³-hybridized carbons (Fsp3) is 0.625. The van der Waals surface area contributed by atoms with Crippen molar-refractivity contribution in [1.29, 1.82) is 0 Å². The lowest BCUT2D eigenvalue weighted by atomic mass is 10.1. The average Bonchev–Trinajstić information content (AvgIpc) is 2.80. The first-order valence-electron chi connectivity index (χ1n) is 7.15. The minimum atomic E-state index is -0.406. The molecule has 1 saturated heterocycles. The van der Waals surface area contributed by atoms with Crippen LogP contribution in [0.4, 0.5) is 0 Å². The van der Waals surface area contributed by atoms with E-state index in [9.17, 15) is 0 Å². The third kappa shape index (κ3) is 4.60. The highest BCUT2D eigenvalue weighted by Crippen LogP contribution is 2.28. The van der Waals surface area contributed by atoms with Gasteiger partial charge in [-0.05, 0) is 18.9 Å². The van der Waals surface area contributed by atoms with Crippen LogP contribution in [0, 0.1) is 0 Å². The smallest absolute Gasteiger partial charge is 0.166 e. The van der Waals surface area contributed by atoms with Gasteiger partial charge in [-0.1, -0.05) is 43.7 Å². The molecule has 2 rings (SSSR count). The van der Waals surface area contributed by atoms with Gasteiger partial charge in [-0.15, -0.1) is 0 Å². The predicted octanol–water partition coefficient (Wildman–Crippen LogP) is 3.53. The second kappa shape index (κ2) is 7.04. The molecule has 0 N–H and O–H groups in total. The lowest BCUT2D eigenvalue weighted by molar-refractivity contribution is -0.165. The van der Waals surface area contributed by atoms with Crippen LogP contribution in [0.3, 0.4) is 0 Å². The average molecular weight is 264 g/mol. The highest BCUT2D eigenvalue weighted by molar-refractivity contribution is 5.13. The summed E-state index contributed by atoms with van der Waals surface area (Å²) in [6, 6.07) is 10.2. The predicted molar refractivity (Wildman–Crippen MR) is 74.9 cm³/mol. The van der Waals surface area contributed by atoms with E-state index >= 15 is 0 Å². The van der Waals surface area contributed by atoms with Gasteiger partial charge in [-0.2, -0.15) is 0 Å². The maximum atomic E-state index is 5.94. The van der Waals surface area contributed by atoms with Crippen molar-refractivity contribution in [3.8, 4) is 0 Å². The lowest BCUT2D eigenvalue weighted by Crippen LogP contribution is -2.27. The minimum absolute atomic E-state index is 0.0607. The largest absolute Gasteiger partial charge is 0.374 e. The molecule has 1 aromatic rings. The topological polar surface area (TPSA) is 27.7 Å². The summed E-state index contributed by atoms with van der Waals surface area (Å²) in [6.45, 7) is 6.07. The summed E-state index contributed by atoms with van der Waals surface area (Å²) in [5.41, 5.74) is 1.19. The molecule has 1 heterocycles. The van der Waals surface area contributed by atoms with Crippen LogP contribution in [-0.2, 0) is 20.8 Å². The van der Waals surface area contributed by atoms with Gasteiger partial charge in [-0.25, -0.2) is 0 Å². The molecule has 0 bridgehead atoms. The molecule has 1 aromatic carbocycles. The summed E-state index contributed by atoms with van der Waals surface area (Å²) >= 11 is 0. The Hall–Kier alpha value is -0.900. The summed E-state index contributed by atoms with van der Waals surface area (Å²) in [7, 11) is 0. The van der Waals surface area contributed by atoms with E-state index in [2.05, 4.69) is 19.1 Å². The Bertz CT molecular complexity index is 366. The summed E-state index contributed by atoms with van der Waals surface area (Å²) in [4.78, 5) is 0. The molecule has 0 aliphatic carbocycles. The van der Waals surface area contributed by atoms with Crippen molar-refractivity contribution in [2.75, 3.05) is 13.2 Å². The monoisotopic (exact) mass is 264 g/mol. The molecule has 3 nitrogen and oxygen atoms in total. The Kier molecular flexibility index (Phi) is 5.37. The normalized spacial score (nSPS) is 26.7. The van der Waals surface area contributed by atoms with Crippen LogP contribution in [0.15, 0.2) is 30.3 Å². The van der Waals surface area contributed by atoms with E-state index in [1.54, 1.807) is 0 Å². The van der Waals surface area contributed by atoms with Crippen LogP contribution in [0.1, 0.15) is 38.7 Å². The molecule has 1 aliphatic heterocycles. The van der Waals surface area contributed by atoms with Gasteiger partial charge in [0.05, 0.1) is 19.8 Å². The van der Waals surface area contributed by atoms with E-state index in [0.717, 1.165) is 19.3 Å². The number of benzene rings is 1. The fourth-order valence-corrected chi connectivity index (χ4v) is 2.28. The zero-order chi connectivity index (χ0) is 13.6. The van der Waals surface area contributed by atoms with Crippen LogP contribution in [0.25, 0.3) is 0 Å². The molecular weight excluding hydrogens is 240 g/mol. The Labute approximate surface area is 115 Å². The van der Waals surface area contributed by atoms with Crippen LogP contribution in [0.5, 0.6) is 0 Å². The summed E-state index contributed by atoms with van der Waals surface area (Å²) in [5.74, 6) is -0.406. The van der Waals surface area contributed by atoms with Crippen molar-refractivity contribution in [2.24, 2.45) is 0 Å². The maximum Gasteiger partial charge on any atom is 0.166 e. The standard InChI is InChI=1S/C16H24O3/c1-3-4-10-16(2)18-13-15(19-16)12-17-11-14-8-6-5-7-9-14/h5-9,15H,3-4,10-13H2,1-2H3/t15-,16?/m0/s1. The Morgan fingerprint density at radius 1 is 1.32 bits per heavy atom. The first kappa shape index (κ1) is 14.5. The summed E-state index contributed by atoms with van der Waals surface area (Å²) in [5, 5.41) is 0. The van der Waals surface area contributed by atoms with E-state index in [-0.39, 0.29) is 6.10 Å². The molecule has 2 atom stereocenters. The van der Waals surface area contributed by atoms with E-state index in [1.807, 2.05) is 25.1 Å². The molecule has 19 heavy (non-hydrogen) atoms. The first-order valence-corrected chi connectivity index (χ1v) is 7.15. The van der Waals surface area contributed by atoms with Crippen LogP contribution >= 0.6 is 0 Å². The number of unbranched alkanes of at least 4 members (excludes halogenated alkanes) is 1. The van der Waals surface area contributed by atoms with Gasteiger partial charge in [0.25, 0.3) is 0 Å².